The molecule has 5 nitrogen and oxygen atoms in total. The number of hydrogen-bond acceptors (Lipinski definition) is 6. The molecule has 0 N–H and O–H groups in total. The van der Waals surface area contributed by atoms with Gasteiger partial charge in [0.2, 0.25) is 5.76 Å². The quantitative estimate of drug-likeness (QED) is 0.601. The van der Waals surface area contributed by atoms with Crippen molar-refractivity contribution in [1.29, 1.82) is 0 Å². The molecule has 26 heavy (non-hydrogen) atoms. The van der Waals surface area contributed by atoms with Gasteiger partial charge in [-0.15, -0.1) is 11.3 Å². The van der Waals surface area contributed by atoms with Gasteiger partial charge in [0.1, 0.15) is 21.5 Å². The molecule has 1 aromatic carbocycles. The number of benzene rings is 1. The number of thiazole rings is 1. The number of nitrogens with zero attached hydrogens (tertiary/aromatic N) is 2. The van der Waals surface area contributed by atoms with Crippen molar-refractivity contribution < 1.29 is 30.5 Å². The zero-order chi connectivity index (χ0) is 19.2. The van der Waals surface area contributed by atoms with E-state index in [9.17, 15) is 26.0 Å². The van der Waals surface area contributed by atoms with Crippen LogP contribution in [0.1, 0.15) is 17.9 Å². The first-order valence-corrected chi connectivity index (χ1v) is 9.76. The maximum Gasteiger partial charge on any atom is 0.298 e. The molecule has 0 spiro atoms. The maximum atomic E-state index is 14.2. The topological polar surface area (TPSA) is 73.1 Å². The van der Waals surface area contributed by atoms with E-state index in [4.69, 9.17) is 0 Å². The van der Waals surface area contributed by atoms with Gasteiger partial charge >= 0.3 is 0 Å². The lowest BCUT2D eigenvalue weighted by Crippen LogP contribution is -2.05. The number of hydrogen-bond donors (Lipinski definition) is 0. The Morgan fingerprint density at radius 3 is 2.27 bits per heavy atom. The molecule has 0 atom stereocenters. The first kappa shape index (κ1) is 18.5. The van der Waals surface area contributed by atoms with Gasteiger partial charge in [0.25, 0.3) is 6.43 Å². The molecule has 0 bridgehead atoms. The molecule has 0 saturated heterocycles. The molecule has 0 aliphatic heterocycles. The summed E-state index contributed by atoms with van der Waals surface area (Å²) in [5, 5.41) is 5.42. The Morgan fingerprint density at radius 2 is 1.81 bits per heavy atom. The highest BCUT2D eigenvalue weighted by Crippen LogP contribution is 2.41. The van der Waals surface area contributed by atoms with Gasteiger partial charge < -0.3 is 4.52 Å². The van der Waals surface area contributed by atoms with Crippen LogP contribution in [0.15, 0.2) is 26.9 Å². The van der Waals surface area contributed by atoms with Gasteiger partial charge in [-0.2, -0.15) is 0 Å². The van der Waals surface area contributed by atoms with Crippen molar-refractivity contribution in [3.05, 3.63) is 40.6 Å². The minimum Gasteiger partial charge on any atom is -0.354 e. The Bertz CT molecular complexity index is 1070. The fraction of sp³-hybridized carbons (Fsp3) is 0.200. The van der Waals surface area contributed by atoms with Crippen LogP contribution in [0.5, 0.6) is 0 Å². The van der Waals surface area contributed by atoms with Crippen LogP contribution in [0.4, 0.5) is 17.6 Å². The minimum atomic E-state index is -4.18. The summed E-state index contributed by atoms with van der Waals surface area (Å²) in [5.74, 6) is -3.69. The summed E-state index contributed by atoms with van der Waals surface area (Å²) in [6.07, 6.45) is -2.46. The summed E-state index contributed by atoms with van der Waals surface area (Å²) in [4.78, 5) is 2.97. The van der Waals surface area contributed by atoms with Crippen molar-refractivity contribution in [3.8, 4) is 21.8 Å². The maximum absolute atomic E-state index is 14.2. The largest absolute Gasteiger partial charge is 0.354 e. The second-order valence-corrected chi connectivity index (χ2v) is 8.22. The van der Waals surface area contributed by atoms with Crippen molar-refractivity contribution in [3.63, 3.8) is 0 Å². The second-order valence-electron chi connectivity index (χ2n) is 5.41. The van der Waals surface area contributed by atoms with E-state index in [1.807, 2.05) is 0 Å². The highest BCUT2D eigenvalue weighted by Gasteiger charge is 2.29. The number of sulfone groups is 1. The van der Waals surface area contributed by atoms with Crippen LogP contribution >= 0.6 is 11.3 Å². The van der Waals surface area contributed by atoms with Crippen molar-refractivity contribution in [1.82, 2.24) is 10.1 Å². The average molecular weight is 406 g/mol. The number of alkyl halides is 2. The highest BCUT2D eigenvalue weighted by atomic mass is 32.2. The molecule has 0 aliphatic rings. The van der Waals surface area contributed by atoms with Crippen LogP contribution in [-0.2, 0) is 9.84 Å². The zero-order valence-corrected chi connectivity index (χ0v) is 14.9. The molecule has 0 fully saturated rings. The summed E-state index contributed by atoms with van der Waals surface area (Å²) in [7, 11) is -4.18. The van der Waals surface area contributed by atoms with Crippen molar-refractivity contribution >= 4 is 21.2 Å². The minimum absolute atomic E-state index is 0.107. The molecule has 11 heteroatoms. The van der Waals surface area contributed by atoms with Crippen LogP contribution in [-0.4, -0.2) is 24.8 Å². The van der Waals surface area contributed by atoms with Crippen LogP contribution in [0.2, 0.25) is 0 Å². The van der Waals surface area contributed by atoms with Gasteiger partial charge in [-0.05, 0) is 24.6 Å². The van der Waals surface area contributed by atoms with Crippen LogP contribution in [0.3, 0.4) is 0 Å². The van der Waals surface area contributed by atoms with Crippen LogP contribution in [0, 0.1) is 18.6 Å². The summed E-state index contributed by atoms with van der Waals surface area (Å²) in [6.45, 7) is 1.67. The van der Waals surface area contributed by atoms with Gasteiger partial charge in [0, 0.05) is 17.3 Å². The van der Waals surface area contributed by atoms with E-state index in [1.54, 1.807) is 12.3 Å². The molecule has 0 amide bonds. The predicted molar refractivity (Wildman–Crippen MR) is 85.8 cm³/mol. The van der Waals surface area contributed by atoms with E-state index in [1.165, 1.54) is 0 Å². The smallest absolute Gasteiger partial charge is 0.298 e. The normalized spacial score (nSPS) is 12.1. The number of aromatic nitrogens is 2. The molecule has 138 valence electrons. The summed E-state index contributed by atoms with van der Waals surface area (Å²) >= 11 is 1.09. The monoisotopic (exact) mass is 406 g/mol. The Morgan fingerprint density at radius 1 is 1.19 bits per heavy atom. The van der Waals surface area contributed by atoms with Gasteiger partial charge in [0.05, 0.1) is 5.56 Å². The molecule has 2 heterocycles. The Hall–Kier alpha value is -2.27. The molecule has 2 aromatic heterocycles. The first-order chi connectivity index (χ1) is 12.1. The lowest BCUT2D eigenvalue weighted by atomic mass is 10.0. The second kappa shape index (κ2) is 6.47. The standard InChI is InChI=1S/C15H10F4N2O3S2/c1-6-5-25-15(20-6)11-10(12(14(18)19)24-21-11)7-3-8(16)13(9(17)4-7)26(2,22)23/h3-5,14H,1-2H3. The average Bonchev–Trinajstić information content (AvgIpc) is 3.10. The number of rotatable bonds is 4. The zero-order valence-electron chi connectivity index (χ0n) is 13.3. The predicted octanol–water partition coefficient (Wildman–Crippen LogP) is 4.39. The van der Waals surface area contributed by atoms with E-state index < -0.39 is 38.6 Å². The van der Waals surface area contributed by atoms with Crippen molar-refractivity contribution in [2.75, 3.05) is 6.26 Å². The fourth-order valence-corrected chi connectivity index (χ4v) is 4.01. The van der Waals surface area contributed by atoms with Gasteiger partial charge in [-0.1, -0.05) is 5.16 Å². The molecule has 0 unspecified atom stereocenters. The van der Waals surface area contributed by atoms with Gasteiger partial charge in [0.15, 0.2) is 15.5 Å². The van der Waals surface area contributed by atoms with Crippen molar-refractivity contribution in [2.24, 2.45) is 0 Å². The number of aryl methyl sites for hydroxylation is 1. The molecule has 0 radical (unpaired) electrons. The Balaban J connectivity index is 2.28. The number of halogens is 4. The first-order valence-electron chi connectivity index (χ1n) is 6.99. The molecule has 3 rings (SSSR count). The summed E-state index contributed by atoms with van der Waals surface area (Å²) < 4.78 is 82.6. The van der Waals surface area contributed by atoms with Crippen LogP contribution < -0.4 is 0 Å². The SMILES string of the molecule is Cc1csc(-c2noc(C(F)F)c2-c2cc(F)c(S(C)(=O)=O)c(F)c2)n1. The highest BCUT2D eigenvalue weighted by molar-refractivity contribution is 7.90. The third kappa shape index (κ3) is 3.23. The lowest BCUT2D eigenvalue weighted by Gasteiger charge is -2.07. The molecule has 0 saturated carbocycles. The van der Waals surface area contributed by atoms with E-state index in [2.05, 4.69) is 14.7 Å². The Kier molecular flexibility index (Phi) is 4.61. The van der Waals surface area contributed by atoms with Gasteiger partial charge in [-0.3, -0.25) is 0 Å². The summed E-state index contributed by atoms with van der Waals surface area (Å²) in [6, 6.07) is 1.31. The molecule has 0 aliphatic carbocycles. The molecular formula is C15H10F4N2O3S2. The van der Waals surface area contributed by atoms with E-state index in [0.717, 1.165) is 11.3 Å². The lowest BCUT2D eigenvalue weighted by molar-refractivity contribution is 0.113. The van der Waals surface area contributed by atoms with Crippen molar-refractivity contribution in [2.45, 2.75) is 18.2 Å². The molecular weight excluding hydrogens is 396 g/mol. The fourth-order valence-electron chi connectivity index (χ4n) is 2.40. The third-order valence-electron chi connectivity index (χ3n) is 3.40. The Labute approximate surface area is 149 Å². The van der Waals surface area contributed by atoms with E-state index >= 15 is 0 Å². The van der Waals surface area contributed by atoms with E-state index in [-0.39, 0.29) is 21.8 Å². The van der Waals surface area contributed by atoms with Crippen LogP contribution in [0.25, 0.3) is 21.8 Å². The molecule has 3 aromatic rings. The summed E-state index contributed by atoms with van der Waals surface area (Å²) in [5.41, 5.74) is -0.175. The third-order valence-corrected chi connectivity index (χ3v) is 5.49. The van der Waals surface area contributed by atoms with E-state index in [0.29, 0.717) is 24.1 Å². The van der Waals surface area contributed by atoms with Gasteiger partial charge in [-0.25, -0.2) is 31.0 Å².